The number of rotatable bonds is 2. The molecule has 3 rings (SSSR count). The molecule has 0 bridgehead atoms. The molecule has 1 aliphatic rings. The molecule has 20 heavy (non-hydrogen) atoms. The average Bonchev–Trinajstić information content (AvgIpc) is 3.01. The molecular weight excluding hydrogens is 252 g/mol. The Labute approximate surface area is 117 Å². The number of carbonyl (C=O) groups is 1. The fourth-order valence-corrected chi connectivity index (χ4v) is 2.59. The lowest BCUT2D eigenvalue weighted by Gasteiger charge is -2.30. The topological polar surface area (TPSA) is 75.0 Å². The predicted molar refractivity (Wildman–Crippen MR) is 77.1 cm³/mol. The second kappa shape index (κ2) is 5.46. The number of carbonyl (C=O) groups excluding carboxylic acids is 1. The zero-order valence-corrected chi connectivity index (χ0v) is 11.2. The van der Waals surface area contributed by atoms with Gasteiger partial charge in [0.15, 0.2) is 0 Å². The summed E-state index contributed by atoms with van der Waals surface area (Å²) in [6.07, 6.45) is 3.70. The van der Waals surface area contributed by atoms with E-state index in [0.29, 0.717) is 12.1 Å². The van der Waals surface area contributed by atoms with Crippen LogP contribution in [-0.2, 0) is 0 Å². The minimum atomic E-state index is 0.0660. The minimum Gasteiger partial charge on any atom is -0.337 e. The maximum atomic E-state index is 12.4. The Morgan fingerprint density at radius 2 is 2.10 bits per heavy atom. The van der Waals surface area contributed by atoms with Gasteiger partial charge in [-0.2, -0.15) is 5.10 Å². The number of nitrogens with two attached hydrogens (primary N) is 1. The molecule has 1 amide bonds. The summed E-state index contributed by atoms with van der Waals surface area (Å²) in [5.74, 6) is 0.0660. The maximum absolute atomic E-state index is 12.4. The lowest BCUT2D eigenvalue weighted by Crippen LogP contribution is -2.45. The van der Waals surface area contributed by atoms with Crippen molar-refractivity contribution in [2.45, 2.75) is 18.9 Å². The van der Waals surface area contributed by atoms with Gasteiger partial charge in [0.1, 0.15) is 0 Å². The van der Waals surface area contributed by atoms with Crippen LogP contribution in [-0.4, -0.2) is 40.1 Å². The maximum Gasteiger partial charge on any atom is 0.253 e. The van der Waals surface area contributed by atoms with Crippen molar-refractivity contribution in [2.24, 2.45) is 5.73 Å². The molecule has 0 unspecified atom stereocenters. The molecule has 1 aromatic heterocycles. The van der Waals surface area contributed by atoms with Gasteiger partial charge in [-0.25, -0.2) is 0 Å². The summed E-state index contributed by atoms with van der Waals surface area (Å²) >= 11 is 0. The summed E-state index contributed by atoms with van der Waals surface area (Å²) in [6, 6.07) is 9.60. The van der Waals surface area contributed by atoms with Crippen molar-refractivity contribution < 1.29 is 4.79 Å². The van der Waals surface area contributed by atoms with Crippen molar-refractivity contribution in [2.75, 3.05) is 13.1 Å². The molecule has 1 aliphatic heterocycles. The number of H-pyrrole nitrogens is 1. The molecule has 0 saturated carbocycles. The SMILES string of the molecule is N[C@H]1CCCN(C(=O)c2ccc(-c3ccn[nH]3)cc2)C1. The van der Waals surface area contributed by atoms with Crippen molar-refractivity contribution in [1.29, 1.82) is 0 Å². The quantitative estimate of drug-likeness (QED) is 0.871. The van der Waals surface area contributed by atoms with E-state index in [-0.39, 0.29) is 11.9 Å². The minimum absolute atomic E-state index is 0.0660. The Bertz CT molecular complexity index is 576. The first-order valence-electron chi connectivity index (χ1n) is 6.89. The van der Waals surface area contributed by atoms with Crippen molar-refractivity contribution in [3.8, 4) is 11.3 Å². The summed E-state index contributed by atoms with van der Waals surface area (Å²) in [7, 11) is 0. The van der Waals surface area contributed by atoms with Gasteiger partial charge in [0.2, 0.25) is 0 Å². The van der Waals surface area contributed by atoms with Gasteiger partial charge in [-0.3, -0.25) is 9.89 Å². The Morgan fingerprint density at radius 1 is 1.30 bits per heavy atom. The summed E-state index contributed by atoms with van der Waals surface area (Å²) in [6.45, 7) is 1.45. The van der Waals surface area contributed by atoms with E-state index in [4.69, 9.17) is 5.73 Å². The number of nitrogens with zero attached hydrogens (tertiary/aromatic N) is 2. The first kappa shape index (κ1) is 12.9. The number of benzene rings is 1. The van der Waals surface area contributed by atoms with E-state index in [1.54, 1.807) is 6.20 Å². The fourth-order valence-electron chi connectivity index (χ4n) is 2.59. The molecule has 1 aromatic carbocycles. The zero-order valence-electron chi connectivity index (χ0n) is 11.2. The highest BCUT2D eigenvalue weighted by molar-refractivity contribution is 5.94. The number of hydrogen-bond donors (Lipinski definition) is 2. The number of piperidine rings is 1. The lowest BCUT2D eigenvalue weighted by atomic mass is 10.0. The molecule has 104 valence electrons. The van der Waals surface area contributed by atoms with Gasteiger partial charge in [0.25, 0.3) is 5.91 Å². The van der Waals surface area contributed by atoms with Crippen LogP contribution in [0.2, 0.25) is 0 Å². The van der Waals surface area contributed by atoms with E-state index >= 15 is 0 Å². The number of likely N-dealkylation sites (tertiary alicyclic amines) is 1. The Balaban J connectivity index is 1.75. The molecule has 0 aliphatic carbocycles. The number of hydrogen-bond acceptors (Lipinski definition) is 3. The van der Waals surface area contributed by atoms with Gasteiger partial charge in [-0.05, 0) is 36.6 Å². The van der Waals surface area contributed by atoms with Gasteiger partial charge >= 0.3 is 0 Å². The molecule has 1 atom stereocenters. The second-order valence-electron chi connectivity index (χ2n) is 5.20. The van der Waals surface area contributed by atoms with Crippen LogP contribution in [0, 0.1) is 0 Å². The van der Waals surface area contributed by atoms with Crippen LogP contribution in [0.3, 0.4) is 0 Å². The van der Waals surface area contributed by atoms with E-state index in [1.807, 2.05) is 35.2 Å². The highest BCUT2D eigenvalue weighted by Gasteiger charge is 2.22. The standard InChI is InChI=1S/C15H18N4O/c16-13-2-1-9-19(10-13)15(20)12-5-3-11(4-6-12)14-7-8-17-18-14/h3-8,13H,1-2,9-10,16H2,(H,17,18)/t13-/m0/s1. The van der Waals surface area contributed by atoms with Crippen LogP contribution in [0.25, 0.3) is 11.3 Å². The number of aromatic nitrogens is 2. The fraction of sp³-hybridized carbons (Fsp3) is 0.333. The smallest absolute Gasteiger partial charge is 0.253 e. The van der Waals surface area contributed by atoms with Crippen molar-refractivity contribution >= 4 is 5.91 Å². The highest BCUT2D eigenvalue weighted by atomic mass is 16.2. The van der Waals surface area contributed by atoms with Crippen LogP contribution >= 0.6 is 0 Å². The van der Waals surface area contributed by atoms with Gasteiger partial charge in [-0.1, -0.05) is 12.1 Å². The van der Waals surface area contributed by atoms with Crippen molar-refractivity contribution in [1.82, 2.24) is 15.1 Å². The lowest BCUT2D eigenvalue weighted by molar-refractivity contribution is 0.0709. The molecule has 5 nitrogen and oxygen atoms in total. The van der Waals surface area contributed by atoms with E-state index in [9.17, 15) is 4.79 Å². The molecule has 2 aromatic rings. The molecule has 3 N–H and O–H groups in total. The third-order valence-corrected chi connectivity index (χ3v) is 3.69. The summed E-state index contributed by atoms with van der Waals surface area (Å²) in [5.41, 5.74) is 8.61. The summed E-state index contributed by atoms with van der Waals surface area (Å²) in [4.78, 5) is 14.2. The monoisotopic (exact) mass is 270 g/mol. The van der Waals surface area contributed by atoms with Crippen LogP contribution in [0.15, 0.2) is 36.5 Å². The van der Waals surface area contributed by atoms with Crippen LogP contribution < -0.4 is 5.73 Å². The highest BCUT2D eigenvalue weighted by Crippen LogP contribution is 2.18. The first-order chi connectivity index (χ1) is 9.74. The van der Waals surface area contributed by atoms with E-state index in [2.05, 4.69) is 10.2 Å². The molecule has 1 fully saturated rings. The predicted octanol–water partition coefficient (Wildman–Crippen LogP) is 1.64. The third-order valence-electron chi connectivity index (χ3n) is 3.69. The van der Waals surface area contributed by atoms with Gasteiger partial charge in [0.05, 0.1) is 5.69 Å². The largest absolute Gasteiger partial charge is 0.337 e. The third kappa shape index (κ3) is 2.58. The molecule has 2 heterocycles. The number of aromatic amines is 1. The zero-order chi connectivity index (χ0) is 13.9. The Hall–Kier alpha value is -2.14. The number of amides is 1. The van der Waals surface area contributed by atoms with Gasteiger partial charge in [-0.15, -0.1) is 0 Å². The van der Waals surface area contributed by atoms with Crippen molar-refractivity contribution in [3.63, 3.8) is 0 Å². The first-order valence-corrected chi connectivity index (χ1v) is 6.89. The van der Waals surface area contributed by atoms with Crippen LogP contribution in [0.4, 0.5) is 0 Å². The average molecular weight is 270 g/mol. The van der Waals surface area contributed by atoms with Gasteiger partial charge < -0.3 is 10.6 Å². The van der Waals surface area contributed by atoms with E-state index in [1.165, 1.54) is 0 Å². The van der Waals surface area contributed by atoms with E-state index < -0.39 is 0 Å². The van der Waals surface area contributed by atoms with E-state index in [0.717, 1.165) is 30.6 Å². The summed E-state index contributed by atoms with van der Waals surface area (Å²) < 4.78 is 0. The van der Waals surface area contributed by atoms with Crippen LogP contribution in [0.1, 0.15) is 23.2 Å². The van der Waals surface area contributed by atoms with Crippen LogP contribution in [0.5, 0.6) is 0 Å². The Kier molecular flexibility index (Phi) is 3.52. The molecule has 0 radical (unpaired) electrons. The second-order valence-corrected chi connectivity index (χ2v) is 5.20. The molecule has 1 saturated heterocycles. The van der Waals surface area contributed by atoms with Crippen molar-refractivity contribution in [3.05, 3.63) is 42.1 Å². The summed E-state index contributed by atoms with van der Waals surface area (Å²) in [5, 5.41) is 6.83. The molecule has 0 spiro atoms. The molecule has 5 heteroatoms. The Morgan fingerprint density at radius 3 is 2.75 bits per heavy atom. The number of nitrogens with one attached hydrogen (secondary N) is 1. The molecular formula is C15H18N4O. The van der Waals surface area contributed by atoms with Gasteiger partial charge in [0, 0.05) is 30.9 Å². The normalized spacial score (nSPS) is 19.1.